The van der Waals surface area contributed by atoms with Gasteiger partial charge in [0.1, 0.15) is 5.57 Å². The van der Waals surface area contributed by atoms with Gasteiger partial charge >= 0.3 is 166 Å². The molecule has 0 amide bonds. The Hall–Kier alpha value is -2.43. The second-order valence-corrected chi connectivity index (χ2v) is 33.2. The van der Waals surface area contributed by atoms with Crippen LogP contribution in [0.3, 0.4) is 0 Å². The molecule has 2 aromatic carbocycles. The zero-order chi connectivity index (χ0) is 71.6. The average Bonchev–Trinajstić information content (AvgIpc) is 1.62. The Bertz CT molecular complexity index is 2110. The van der Waals surface area contributed by atoms with Gasteiger partial charge in [0.2, 0.25) is 11.4 Å². The van der Waals surface area contributed by atoms with Gasteiger partial charge in [-0.25, -0.2) is 4.70 Å². The molecule has 0 atom stereocenters. The van der Waals surface area contributed by atoms with Crippen molar-refractivity contribution >= 4 is 11.4 Å². The van der Waals surface area contributed by atoms with Gasteiger partial charge in [-0.05, 0) is 74.4 Å². The van der Waals surface area contributed by atoms with Crippen molar-refractivity contribution < 1.29 is 19.1 Å². The van der Waals surface area contributed by atoms with Crippen LogP contribution in [0, 0.1) is 11.8 Å². The van der Waals surface area contributed by atoms with Gasteiger partial charge in [0.15, 0.2) is 0 Å². The number of hydrogen-bond acceptors (Lipinski definition) is 0. The summed E-state index contributed by atoms with van der Waals surface area (Å²) in [6.45, 7) is 13.5. The fraction of sp³-hybridized carbons (Fsp3) is 0.814. The molecule has 0 aromatic heterocycles. The van der Waals surface area contributed by atoms with Crippen molar-refractivity contribution in [3.05, 3.63) is 87.5 Å². The van der Waals surface area contributed by atoms with Crippen LogP contribution in [0.5, 0.6) is 0 Å². The zero-order valence-electron chi connectivity index (χ0n) is 68.4. The summed E-state index contributed by atoms with van der Waals surface area (Å²) in [6, 6.07) is 17.6. The molecule has 0 unspecified atom stereocenters. The first-order chi connectivity index (χ1) is 49.5. The summed E-state index contributed by atoms with van der Waals surface area (Å²) in [4.78, 5) is 0. The number of unbranched alkanes of at least 4 members (excludes halogenated alkanes) is 64. The van der Waals surface area contributed by atoms with E-state index in [0.717, 1.165) is 65.8 Å². The number of nitrogens with zero attached hydrogens (tertiary/aromatic N) is 2. The molecule has 0 saturated carbocycles. The van der Waals surface area contributed by atoms with E-state index in [4.69, 9.17) is 0 Å². The van der Waals surface area contributed by atoms with Crippen molar-refractivity contribution in [2.45, 2.75) is 508 Å². The molecule has 1 aliphatic rings. The number of aryl methyl sites for hydroxylation is 2. The number of hydrogen-bond donors (Lipinski definition) is 0. The fourth-order valence-electron chi connectivity index (χ4n) is 15.1. The molecule has 100 heavy (non-hydrogen) atoms. The minimum absolute atomic E-state index is 0.809. The van der Waals surface area contributed by atoms with Gasteiger partial charge in [0.25, 0.3) is 0 Å². The van der Waals surface area contributed by atoms with Crippen molar-refractivity contribution in [3.8, 4) is 11.8 Å². The zero-order valence-corrected chi connectivity index (χ0v) is 69.4. The number of rotatable bonds is 74. The molecule has 0 bridgehead atoms. The molecule has 0 spiro atoms. The number of benzene rings is 2. The summed E-state index contributed by atoms with van der Waals surface area (Å²) < 4.78 is 1.39. The van der Waals surface area contributed by atoms with Crippen LogP contribution in [0.25, 0.3) is 16.9 Å². The average molecular weight is 1430 g/mol. The van der Waals surface area contributed by atoms with E-state index in [2.05, 4.69) is 116 Å². The molecule has 2 aromatic rings. The van der Waals surface area contributed by atoms with Crippen molar-refractivity contribution in [2.24, 2.45) is 0 Å². The molecule has 0 N–H and O–H groups in total. The van der Waals surface area contributed by atoms with Crippen LogP contribution in [-0.4, -0.2) is 4.70 Å². The molecule has 0 aliphatic carbocycles. The van der Waals surface area contributed by atoms with Crippen molar-refractivity contribution in [2.75, 3.05) is 0 Å². The monoisotopic (exact) mass is 1420 g/mol. The number of allylic oxidation sites excluding steroid dienone is 2. The molecule has 0 fully saturated rings. The molecule has 3 rings (SSSR count). The van der Waals surface area contributed by atoms with Crippen molar-refractivity contribution in [3.63, 3.8) is 0 Å². The van der Waals surface area contributed by atoms with E-state index >= 15 is 0 Å². The van der Waals surface area contributed by atoms with Gasteiger partial charge in [0.05, 0.1) is 0 Å². The van der Waals surface area contributed by atoms with Gasteiger partial charge in [-0.3, -0.25) is 0 Å². The smallest absolute Gasteiger partial charge is 0.0654 e. The van der Waals surface area contributed by atoms with Gasteiger partial charge in [0, 0.05) is 23.1 Å². The maximum atomic E-state index is 11.6. The Morgan fingerprint density at radius 1 is 0.260 bits per heavy atom. The van der Waals surface area contributed by atoms with Gasteiger partial charge < -0.3 is 5.53 Å². The molecule has 3 heteroatoms. The Morgan fingerprint density at radius 3 is 0.710 bits per heavy atom. The van der Waals surface area contributed by atoms with Crippen LogP contribution in [0.4, 0.5) is 0 Å². The van der Waals surface area contributed by atoms with Crippen molar-refractivity contribution in [1.29, 1.82) is 0 Å². The van der Waals surface area contributed by atoms with Gasteiger partial charge in [-0.1, -0.05) is 347 Å². The second-order valence-electron chi connectivity index (χ2n) is 31.7. The minimum Gasteiger partial charge on any atom is -0.0654 e. The Labute approximate surface area is 634 Å². The predicted octanol–water partition coefficient (Wildman–Crippen LogP) is 34.9. The van der Waals surface area contributed by atoms with Crippen molar-refractivity contribution in [1.82, 2.24) is 0 Å². The van der Waals surface area contributed by atoms with Crippen LogP contribution in [0.2, 0.25) is 10.8 Å². The summed E-state index contributed by atoms with van der Waals surface area (Å²) in [5, 5.41) is 2.87. The second kappa shape index (κ2) is 74.8. The quantitative estimate of drug-likeness (QED) is 0.0273. The predicted molar refractivity (Wildman–Crippen MR) is 448 cm³/mol. The third-order valence-corrected chi connectivity index (χ3v) is 23.4. The molecule has 0 radical (unpaired) electrons. The summed E-state index contributed by atoms with van der Waals surface area (Å²) in [6.07, 6.45) is 101. The standard InChI is InChI=1S/C39H54N2.2C29H59.Ni/c1-5-8-11-14-16-18-21-33-24-28-35(29-25-33)38-32(4)37(23-20-13-10-7-3)39(41(38)40)36-30-26-34(27-31-36)22-19-17-15-12-9-6-2;2*1-3-5-7-9-11-13-15-17-19-21-23-25-27-29-28-26-24-22-20-18-16-14-12-10-8-6-4-2;/h24-31H,5-19,21-22H2,1-4H3;2*1,3-29H2,2H3;. The van der Waals surface area contributed by atoms with Gasteiger partial charge in [-0.2, -0.15) is 0 Å². The van der Waals surface area contributed by atoms with E-state index in [-0.39, 0.29) is 0 Å². The van der Waals surface area contributed by atoms with E-state index in [1.165, 1.54) is 450 Å². The summed E-state index contributed by atoms with van der Waals surface area (Å²) in [5.41, 5.74) is 20.0. The van der Waals surface area contributed by atoms with E-state index < -0.39 is 0 Å². The molecular weight excluding hydrogens is 1250 g/mol. The SMILES string of the molecule is CCCCC#CC1=C(c2ccc(CCCCCCCC)cc2)[N+](=[N-])C(c2ccc(CCCCCCCC)cc2)=C1C.CCCCCCCCCCCCCCCCCCCCCCCCCCCC[CH2][Ni][CH2]CCCCCCCCCCCCCCCCCCCCCCCCCCCC. The molecule has 0 saturated heterocycles. The topological polar surface area (TPSA) is 25.3 Å². The van der Waals surface area contributed by atoms with E-state index in [1.54, 1.807) is 0 Å². The maximum absolute atomic E-state index is 11.6. The Balaban J connectivity index is 0.000000722. The van der Waals surface area contributed by atoms with E-state index in [1.807, 2.05) is 0 Å². The van der Waals surface area contributed by atoms with E-state index in [9.17, 15) is 5.53 Å². The van der Waals surface area contributed by atoms with Gasteiger partial charge in [-0.15, -0.1) is 0 Å². The minimum atomic E-state index is 0.809. The first kappa shape index (κ1) is 93.7. The first-order valence-electron chi connectivity index (χ1n) is 45.6. The third kappa shape index (κ3) is 56.0. The first-order valence-corrected chi connectivity index (χ1v) is 47.0. The third-order valence-electron chi connectivity index (χ3n) is 22.0. The summed E-state index contributed by atoms with van der Waals surface area (Å²) in [7, 11) is 0. The summed E-state index contributed by atoms with van der Waals surface area (Å²) in [5.74, 6) is 6.83. The molecule has 2 nitrogen and oxygen atoms in total. The molecule has 1 aliphatic heterocycles. The fourth-order valence-corrected chi connectivity index (χ4v) is 16.3. The summed E-state index contributed by atoms with van der Waals surface area (Å²) >= 11 is 2.05. The van der Waals surface area contributed by atoms with Crippen LogP contribution < -0.4 is 0 Å². The van der Waals surface area contributed by atoms with Crippen LogP contribution in [-0.2, 0) is 27.3 Å². The molecule has 1 heterocycles. The normalized spacial score (nSPS) is 12.4. The van der Waals surface area contributed by atoms with Crippen LogP contribution in [0.1, 0.15) is 507 Å². The Morgan fingerprint density at radius 2 is 0.470 bits per heavy atom. The molecule has 580 valence electrons. The Kier molecular flexibility index (Phi) is 70.1. The van der Waals surface area contributed by atoms with Crippen LogP contribution in [0.15, 0.2) is 59.7 Å². The van der Waals surface area contributed by atoms with Crippen LogP contribution >= 0.6 is 0 Å². The van der Waals surface area contributed by atoms with E-state index in [0.29, 0.717) is 0 Å². The molecular formula is C97H172N2Ni.